The van der Waals surface area contributed by atoms with Gasteiger partial charge in [-0.1, -0.05) is 31.2 Å². The lowest BCUT2D eigenvalue weighted by Gasteiger charge is -2.23. The molecule has 148 valence electrons. The summed E-state index contributed by atoms with van der Waals surface area (Å²) in [5, 5.41) is 0. The molecule has 1 aliphatic rings. The number of hydrogen-bond acceptors (Lipinski definition) is 3. The first-order valence-electron chi connectivity index (χ1n) is 9.40. The molecule has 1 aliphatic heterocycles. The second kappa shape index (κ2) is 8.42. The zero-order valence-corrected chi connectivity index (χ0v) is 16.4. The van der Waals surface area contributed by atoms with Crippen molar-refractivity contribution in [3.63, 3.8) is 0 Å². The van der Waals surface area contributed by atoms with E-state index in [-0.39, 0.29) is 30.5 Å². The second-order valence-electron chi connectivity index (χ2n) is 7.05. The molecule has 0 radical (unpaired) electrons. The van der Waals surface area contributed by atoms with Crippen molar-refractivity contribution in [3.05, 3.63) is 59.4 Å². The van der Waals surface area contributed by atoms with Gasteiger partial charge in [-0.2, -0.15) is 0 Å². The first kappa shape index (κ1) is 19.9. The Morgan fingerprint density at radius 3 is 2.71 bits per heavy atom. The number of amides is 2. The zero-order valence-electron chi connectivity index (χ0n) is 16.4. The summed E-state index contributed by atoms with van der Waals surface area (Å²) in [6.45, 7) is 2.69. The van der Waals surface area contributed by atoms with Crippen molar-refractivity contribution >= 4 is 17.5 Å². The van der Waals surface area contributed by atoms with Crippen molar-refractivity contribution in [3.8, 4) is 5.75 Å². The third-order valence-electron chi connectivity index (χ3n) is 5.15. The summed E-state index contributed by atoms with van der Waals surface area (Å²) < 4.78 is 18.8. The van der Waals surface area contributed by atoms with Gasteiger partial charge in [0.15, 0.2) is 11.6 Å². The highest BCUT2D eigenvalue weighted by Gasteiger charge is 2.37. The van der Waals surface area contributed by atoms with Crippen LogP contribution in [-0.4, -0.2) is 37.4 Å². The molecule has 1 atom stereocenters. The highest BCUT2D eigenvalue weighted by atomic mass is 19.1. The summed E-state index contributed by atoms with van der Waals surface area (Å²) in [6.07, 6.45) is 1.01. The average Bonchev–Trinajstić information content (AvgIpc) is 3.08. The number of carbonyl (C=O) groups excluding carboxylic acids is 2. The number of nitrogens with zero attached hydrogens (tertiary/aromatic N) is 2. The van der Waals surface area contributed by atoms with Crippen LogP contribution in [0, 0.1) is 11.7 Å². The van der Waals surface area contributed by atoms with Gasteiger partial charge in [0.2, 0.25) is 11.8 Å². The number of benzene rings is 2. The van der Waals surface area contributed by atoms with Gasteiger partial charge >= 0.3 is 0 Å². The lowest BCUT2D eigenvalue weighted by atomic mass is 10.1. The van der Waals surface area contributed by atoms with Crippen LogP contribution in [0.2, 0.25) is 0 Å². The van der Waals surface area contributed by atoms with Crippen LogP contribution in [-0.2, 0) is 22.6 Å². The number of methoxy groups -OCH3 is 1. The fourth-order valence-electron chi connectivity index (χ4n) is 3.65. The number of rotatable bonds is 6. The third-order valence-corrected chi connectivity index (χ3v) is 5.15. The lowest BCUT2D eigenvalue weighted by molar-refractivity contribution is -0.135. The highest BCUT2D eigenvalue weighted by Crippen LogP contribution is 2.29. The molecule has 1 saturated heterocycles. The van der Waals surface area contributed by atoms with E-state index < -0.39 is 11.7 Å². The van der Waals surface area contributed by atoms with Gasteiger partial charge in [-0.3, -0.25) is 9.59 Å². The van der Waals surface area contributed by atoms with E-state index in [0.717, 1.165) is 17.7 Å². The molecule has 0 N–H and O–H groups in total. The SMILES string of the molecule is CCc1ccccc1N1C[C@H](C(=O)N(C)Cc2ccc(OC)c(F)c2)CC1=O. The van der Waals surface area contributed by atoms with Crippen LogP contribution in [0.1, 0.15) is 24.5 Å². The van der Waals surface area contributed by atoms with Gasteiger partial charge in [-0.25, -0.2) is 4.39 Å². The molecule has 2 aromatic rings. The van der Waals surface area contributed by atoms with Crippen molar-refractivity contribution < 1.29 is 18.7 Å². The number of carbonyl (C=O) groups is 2. The minimum absolute atomic E-state index is 0.0388. The molecule has 0 saturated carbocycles. The molecular formula is C22H25FN2O3. The van der Waals surface area contributed by atoms with Crippen molar-refractivity contribution in [1.82, 2.24) is 4.90 Å². The van der Waals surface area contributed by atoms with E-state index in [4.69, 9.17) is 4.74 Å². The third kappa shape index (κ3) is 4.01. The fraction of sp³-hybridized carbons (Fsp3) is 0.364. The Morgan fingerprint density at radius 2 is 2.04 bits per heavy atom. The summed E-state index contributed by atoms with van der Waals surface area (Å²) in [5.41, 5.74) is 2.64. The summed E-state index contributed by atoms with van der Waals surface area (Å²) in [6, 6.07) is 12.4. The molecule has 3 rings (SSSR count). The molecule has 2 aromatic carbocycles. The maximum Gasteiger partial charge on any atom is 0.228 e. The van der Waals surface area contributed by atoms with E-state index >= 15 is 0 Å². The van der Waals surface area contributed by atoms with Crippen LogP contribution in [0.15, 0.2) is 42.5 Å². The standard InChI is InChI=1S/C22H25FN2O3/c1-4-16-7-5-6-8-19(16)25-14-17(12-21(25)26)22(27)24(2)13-15-9-10-20(28-3)18(23)11-15/h5-11,17H,4,12-14H2,1-3H3/t17-/m1/s1. The Balaban J connectivity index is 1.69. The van der Waals surface area contributed by atoms with Gasteiger partial charge in [-0.05, 0) is 35.7 Å². The van der Waals surface area contributed by atoms with Gasteiger partial charge < -0.3 is 14.5 Å². The van der Waals surface area contributed by atoms with Gasteiger partial charge in [0.25, 0.3) is 0 Å². The minimum atomic E-state index is -0.459. The number of hydrogen-bond donors (Lipinski definition) is 0. The van der Waals surface area contributed by atoms with E-state index in [1.54, 1.807) is 29.0 Å². The van der Waals surface area contributed by atoms with Gasteiger partial charge in [0.05, 0.1) is 13.0 Å². The van der Waals surface area contributed by atoms with E-state index in [9.17, 15) is 14.0 Å². The molecule has 0 bridgehead atoms. The average molecular weight is 384 g/mol. The molecular weight excluding hydrogens is 359 g/mol. The molecule has 0 aliphatic carbocycles. The normalized spacial score (nSPS) is 16.4. The molecule has 28 heavy (non-hydrogen) atoms. The summed E-state index contributed by atoms with van der Waals surface area (Å²) in [4.78, 5) is 28.7. The Kier molecular flexibility index (Phi) is 5.97. The fourth-order valence-corrected chi connectivity index (χ4v) is 3.65. The lowest BCUT2D eigenvalue weighted by Crippen LogP contribution is -2.34. The van der Waals surface area contributed by atoms with E-state index in [1.807, 2.05) is 31.2 Å². The van der Waals surface area contributed by atoms with Crippen LogP contribution in [0.25, 0.3) is 0 Å². The molecule has 1 fully saturated rings. The van der Waals surface area contributed by atoms with Crippen LogP contribution in [0.5, 0.6) is 5.75 Å². The topological polar surface area (TPSA) is 49.9 Å². The molecule has 0 aromatic heterocycles. The molecule has 2 amide bonds. The summed E-state index contributed by atoms with van der Waals surface area (Å²) >= 11 is 0. The molecule has 6 heteroatoms. The van der Waals surface area contributed by atoms with Crippen LogP contribution in [0.3, 0.4) is 0 Å². The highest BCUT2D eigenvalue weighted by molar-refractivity contribution is 6.00. The van der Waals surface area contributed by atoms with Gasteiger partial charge in [-0.15, -0.1) is 0 Å². The maximum absolute atomic E-state index is 13.9. The van der Waals surface area contributed by atoms with E-state index in [0.29, 0.717) is 12.1 Å². The largest absolute Gasteiger partial charge is 0.494 e. The number of aryl methyl sites for hydroxylation is 1. The van der Waals surface area contributed by atoms with Crippen molar-refractivity contribution in [2.45, 2.75) is 26.3 Å². The Labute approximate surface area is 164 Å². The Morgan fingerprint density at radius 1 is 1.29 bits per heavy atom. The zero-order chi connectivity index (χ0) is 20.3. The number of ether oxygens (including phenoxy) is 1. The van der Waals surface area contributed by atoms with Crippen molar-refractivity contribution in [1.29, 1.82) is 0 Å². The predicted molar refractivity (Wildman–Crippen MR) is 106 cm³/mol. The van der Waals surface area contributed by atoms with Crippen molar-refractivity contribution in [2.24, 2.45) is 5.92 Å². The minimum Gasteiger partial charge on any atom is -0.494 e. The Hall–Kier alpha value is -2.89. The van der Waals surface area contributed by atoms with Crippen molar-refractivity contribution in [2.75, 3.05) is 25.6 Å². The first-order chi connectivity index (χ1) is 13.4. The van der Waals surface area contributed by atoms with E-state index in [2.05, 4.69) is 0 Å². The number of halogens is 1. The Bertz CT molecular complexity index is 884. The summed E-state index contributed by atoms with van der Waals surface area (Å²) in [7, 11) is 3.09. The monoisotopic (exact) mass is 384 g/mol. The van der Waals surface area contributed by atoms with Gasteiger partial charge in [0, 0.05) is 32.2 Å². The second-order valence-corrected chi connectivity index (χ2v) is 7.05. The van der Waals surface area contributed by atoms with E-state index in [1.165, 1.54) is 13.2 Å². The predicted octanol–water partition coefficient (Wildman–Crippen LogP) is 3.41. The maximum atomic E-state index is 13.9. The van der Waals surface area contributed by atoms with Crippen LogP contribution in [0.4, 0.5) is 10.1 Å². The first-order valence-corrected chi connectivity index (χ1v) is 9.40. The smallest absolute Gasteiger partial charge is 0.228 e. The van der Waals surface area contributed by atoms with Gasteiger partial charge in [0.1, 0.15) is 0 Å². The molecule has 0 spiro atoms. The number of para-hydroxylation sites is 1. The van der Waals surface area contributed by atoms with Crippen LogP contribution >= 0.6 is 0 Å². The summed E-state index contributed by atoms with van der Waals surface area (Å²) in [5.74, 6) is -0.835. The quantitative estimate of drug-likeness (QED) is 0.767. The molecule has 0 unspecified atom stereocenters. The molecule has 5 nitrogen and oxygen atoms in total. The number of anilines is 1. The van der Waals surface area contributed by atoms with Crippen LogP contribution < -0.4 is 9.64 Å². The molecule has 1 heterocycles.